The molecule has 0 saturated carbocycles. The average molecular weight is 279 g/mol. The van der Waals surface area contributed by atoms with Gasteiger partial charge in [-0.2, -0.15) is 0 Å². The summed E-state index contributed by atoms with van der Waals surface area (Å²) in [6.07, 6.45) is 1.17. The van der Waals surface area contributed by atoms with Crippen LogP contribution in [0.1, 0.15) is 31.4 Å². The number of nitrogens with zero attached hydrogens (tertiary/aromatic N) is 2. The Morgan fingerprint density at radius 1 is 1.55 bits per heavy atom. The molecule has 5 heteroatoms. The first kappa shape index (κ1) is 14.8. The Morgan fingerprint density at radius 3 is 2.90 bits per heavy atom. The number of oxime groups is 1. The predicted molar refractivity (Wildman–Crippen MR) is 77.1 cm³/mol. The van der Waals surface area contributed by atoms with E-state index >= 15 is 0 Å². The van der Waals surface area contributed by atoms with Gasteiger partial charge in [-0.15, -0.1) is 0 Å². The number of amidine groups is 1. The van der Waals surface area contributed by atoms with E-state index < -0.39 is 5.82 Å². The third-order valence-electron chi connectivity index (χ3n) is 4.11. The quantitative estimate of drug-likeness (QED) is 0.385. The summed E-state index contributed by atoms with van der Waals surface area (Å²) in [5.74, 6) is 0.764. The summed E-state index contributed by atoms with van der Waals surface area (Å²) < 4.78 is 14.3. The van der Waals surface area contributed by atoms with Crippen molar-refractivity contribution in [2.75, 3.05) is 13.1 Å². The molecule has 1 unspecified atom stereocenters. The Kier molecular flexibility index (Phi) is 4.60. The third kappa shape index (κ3) is 3.10. The Morgan fingerprint density at radius 2 is 2.30 bits per heavy atom. The maximum Gasteiger partial charge on any atom is 0.173 e. The average Bonchev–Trinajstić information content (AvgIpc) is 2.89. The summed E-state index contributed by atoms with van der Waals surface area (Å²) in [6.45, 7) is 7.03. The lowest BCUT2D eigenvalue weighted by Gasteiger charge is -2.18. The molecular formula is C15H22FN3O. The van der Waals surface area contributed by atoms with Crippen molar-refractivity contribution in [1.29, 1.82) is 0 Å². The van der Waals surface area contributed by atoms with Gasteiger partial charge in [-0.25, -0.2) is 4.39 Å². The molecule has 1 saturated heterocycles. The zero-order valence-corrected chi connectivity index (χ0v) is 12.0. The molecule has 20 heavy (non-hydrogen) atoms. The highest BCUT2D eigenvalue weighted by Gasteiger charge is 2.25. The number of halogens is 1. The summed E-state index contributed by atoms with van der Waals surface area (Å²) >= 11 is 0. The molecule has 1 aromatic rings. The van der Waals surface area contributed by atoms with Gasteiger partial charge in [0.05, 0.1) is 5.56 Å². The molecule has 0 radical (unpaired) electrons. The summed E-state index contributed by atoms with van der Waals surface area (Å²) in [4.78, 5) is 2.26. The first-order valence-electron chi connectivity index (χ1n) is 7.00. The summed E-state index contributed by atoms with van der Waals surface area (Å²) in [5.41, 5.74) is 6.23. The second-order valence-electron chi connectivity index (χ2n) is 5.79. The van der Waals surface area contributed by atoms with Crippen LogP contribution in [0.25, 0.3) is 0 Å². The maximum atomic E-state index is 14.3. The first-order valence-corrected chi connectivity index (χ1v) is 7.00. The van der Waals surface area contributed by atoms with E-state index in [4.69, 9.17) is 10.9 Å². The fourth-order valence-electron chi connectivity index (χ4n) is 2.74. The van der Waals surface area contributed by atoms with Gasteiger partial charge in [-0.3, -0.25) is 4.90 Å². The van der Waals surface area contributed by atoms with Crippen molar-refractivity contribution in [1.82, 2.24) is 4.90 Å². The largest absolute Gasteiger partial charge is 0.409 e. The summed E-state index contributed by atoms with van der Waals surface area (Å²) in [5, 5.41) is 11.5. The highest BCUT2D eigenvalue weighted by atomic mass is 19.1. The third-order valence-corrected chi connectivity index (χ3v) is 4.11. The van der Waals surface area contributed by atoms with Crippen molar-refractivity contribution < 1.29 is 9.60 Å². The minimum atomic E-state index is -0.393. The maximum absolute atomic E-state index is 14.3. The van der Waals surface area contributed by atoms with Crippen LogP contribution in [-0.2, 0) is 6.54 Å². The molecule has 1 heterocycles. The fraction of sp³-hybridized carbons (Fsp3) is 0.533. The van der Waals surface area contributed by atoms with Crippen molar-refractivity contribution in [3.63, 3.8) is 0 Å². The smallest absolute Gasteiger partial charge is 0.173 e. The monoisotopic (exact) mass is 279 g/mol. The molecule has 1 atom stereocenters. The normalized spacial score (nSPS) is 20.8. The second-order valence-corrected chi connectivity index (χ2v) is 5.79. The predicted octanol–water partition coefficient (Wildman–Crippen LogP) is 2.40. The Balaban J connectivity index is 2.11. The Bertz CT molecular complexity index is 502. The van der Waals surface area contributed by atoms with Gasteiger partial charge in [0.2, 0.25) is 0 Å². The van der Waals surface area contributed by atoms with Crippen LogP contribution in [0, 0.1) is 17.7 Å². The number of rotatable bonds is 4. The van der Waals surface area contributed by atoms with Gasteiger partial charge in [0, 0.05) is 18.7 Å². The molecule has 110 valence electrons. The molecule has 1 aromatic carbocycles. The van der Waals surface area contributed by atoms with Gasteiger partial charge in [0.25, 0.3) is 0 Å². The van der Waals surface area contributed by atoms with E-state index in [0.29, 0.717) is 23.9 Å². The van der Waals surface area contributed by atoms with Crippen LogP contribution in [-0.4, -0.2) is 29.0 Å². The van der Waals surface area contributed by atoms with Crippen LogP contribution in [0.15, 0.2) is 23.4 Å². The zero-order valence-electron chi connectivity index (χ0n) is 12.0. The molecule has 1 aliphatic rings. The van der Waals surface area contributed by atoms with Gasteiger partial charge >= 0.3 is 0 Å². The van der Waals surface area contributed by atoms with Gasteiger partial charge in [-0.1, -0.05) is 31.1 Å². The van der Waals surface area contributed by atoms with E-state index in [-0.39, 0.29) is 11.4 Å². The van der Waals surface area contributed by atoms with Gasteiger partial charge < -0.3 is 10.9 Å². The van der Waals surface area contributed by atoms with Crippen LogP contribution in [0.4, 0.5) is 4.39 Å². The fourth-order valence-corrected chi connectivity index (χ4v) is 2.74. The van der Waals surface area contributed by atoms with Crippen molar-refractivity contribution in [2.24, 2.45) is 22.7 Å². The minimum absolute atomic E-state index is 0.157. The molecule has 1 fully saturated rings. The highest BCUT2D eigenvalue weighted by Crippen LogP contribution is 2.25. The Hall–Kier alpha value is -1.62. The number of hydrogen-bond acceptors (Lipinski definition) is 3. The molecule has 0 amide bonds. The van der Waals surface area contributed by atoms with E-state index in [9.17, 15) is 4.39 Å². The lowest BCUT2D eigenvalue weighted by atomic mass is 9.95. The zero-order chi connectivity index (χ0) is 14.7. The van der Waals surface area contributed by atoms with Crippen molar-refractivity contribution in [2.45, 2.75) is 26.8 Å². The lowest BCUT2D eigenvalue weighted by Crippen LogP contribution is -2.23. The van der Waals surface area contributed by atoms with Gasteiger partial charge in [0.15, 0.2) is 5.84 Å². The van der Waals surface area contributed by atoms with E-state index in [1.807, 2.05) is 0 Å². The molecular weight excluding hydrogens is 257 g/mol. The molecule has 2 rings (SSSR count). The SMILES string of the molecule is CC(C)C1CCN(Cc2cccc(/C(N)=N/O)c2F)C1. The van der Waals surface area contributed by atoms with Crippen LogP contribution in [0.5, 0.6) is 0 Å². The molecule has 1 aliphatic heterocycles. The van der Waals surface area contributed by atoms with Crippen molar-refractivity contribution >= 4 is 5.84 Å². The summed E-state index contributed by atoms with van der Waals surface area (Å²) in [6, 6.07) is 5.02. The second kappa shape index (κ2) is 6.22. The molecule has 0 aliphatic carbocycles. The van der Waals surface area contributed by atoms with Gasteiger partial charge in [0.1, 0.15) is 5.82 Å². The lowest BCUT2D eigenvalue weighted by molar-refractivity contribution is 0.293. The standard InChI is InChI=1S/C15H22FN3O/c1-10(2)11-6-7-19(8-11)9-12-4-3-5-13(14(12)16)15(17)18-20/h3-5,10-11,20H,6-9H2,1-2H3,(H2,17,18). The number of benzene rings is 1. The highest BCUT2D eigenvalue weighted by molar-refractivity contribution is 5.97. The van der Waals surface area contributed by atoms with Crippen LogP contribution >= 0.6 is 0 Å². The van der Waals surface area contributed by atoms with E-state index in [0.717, 1.165) is 13.1 Å². The first-order chi connectivity index (χ1) is 9.52. The molecule has 4 nitrogen and oxygen atoms in total. The van der Waals surface area contributed by atoms with E-state index in [2.05, 4.69) is 23.9 Å². The van der Waals surface area contributed by atoms with Crippen molar-refractivity contribution in [3.05, 3.63) is 35.1 Å². The molecule has 0 spiro atoms. The topological polar surface area (TPSA) is 61.8 Å². The molecule has 0 aromatic heterocycles. The van der Waals surface area contributed by atoms with Crippen LogP contribution in [0.2, 0.25) is 0 Å². The van der Waals surface area contributed by atoms with E-state index in [1.165, 1.54) is 12.5 Å². The Labute approximate surface area is 119 Å². The number of nitrogens with two attached hydrogens (primary N) is 1. The van der Waals surface area contributed by atoms with Crippen LogP contribution < -0.4 is 5.73 Å². The number of likely N-dealkylation sites (tertiary alicyclic amines) is 1. The number of hydrogen-bond donors (Lipinski definition) is 2. The molecule has 3 N–H and O–H groups in total. The molecule has 0 bridgehead atoms. The van der Waals surface area contributed by atoms with Crippen molar-refractivity contribution in [3.8, 4) is 0 Å². The van der Waals surface area contributed by atoms with E-state index in [1.54, 1.807) is 12.1 Å². The summed E-state index contributed by atoms with van der Waals surface area (Å²) in [7, 11) is 0. The van der Waals surface area contributed by atoms with Crippen LogP contribution in [0.3, 0.4) is 0 Å². The minimum Gasteiger partial charge on any atom is -0.409 e. The van der Waals surface area contributed by atoms with Gasteiger partial charge in [-0.05, 0) is 30.9 Å².